The first kappa shape index (κ1) is 15.3. The summed E-state index contributed by atoms with van der Waals surface area (Å²) in [6, 6.07) is 10.8. The highest BCUT2D eigenvalue weighted by Gasteiger charge is 2.24. The van der Waals surface area contributed by atoms with Crippen LogP contribution in [0.25, 0.3) is 10.8 Å². The summed E-state index contributed by atoms with van der Waals surface area (Å²) in [5.41, 5.74) is 0.544. The second-order valence-corrected chi connectivity index (χ2v) is 4.70. The van der Waals surface area contributed by atoms with Gasteiger partial charge in [-0.2, -0.15) is 0 Å². The third-order valence-electron chi connectivity index (χ3n) is 3.42. The van der Waals surface area contributed by atoms with Crippen molar-refractivity contribution in [2.24, 2.45) is 0 Å². The van der Waals surface area contributed by atoms with E-state index < -0.39 is 18.2 Å². The summed E-state index contributed by atoms with van der Waals surface area (Å²) in [7, 11) is 2.81. The summed E-state index contributed by atoms with van der Waals surface area (Å²) in [6.07, 6.45) is -2.67. The van der Waals surface area contributed by atoms with Crippen molar-refractivity contribution in [3.8, 4) is 5.75 Å². The van der Waals surface area contributed by atoms with Crippen molar-refractivity contribution in [3.63, 3.8) is 0 Å². The Morgan fingerprint density at radius 3 is 2.38 bits per heavy atom. The van der Waals surface area contributed by atoms with Gasteiger partial charge in [-0.25, -0.2) is 0 Å². The Hall–Kier alpha value is -2.11. The Bertz CT molecular complexity index is 638. The lowest BCUT2D eigenvalue weighted by molar-refractivity contribution is -0.144. The molecular weight excluding hydrogens is 272 g/mol. The van der Waals surface area contributed by atoms with E-state index in [1.807, 2.05) is 24.3 Å². The van der Waals surface area contributed by atoms with Crippen molar-refractivity contribution < 1.29 is 24.5 Å². The van der Waals surface area contributed by atoms with E-state index in [2.05, 4.69) is 4.74 Å². The van der Waals surface area contributed by atoms with E-state index in [0.29, 0.717) is 11.3 Å². The van der Waals surface area contributed by atoms with E-state index >= 15 is 0 Å². The number of carbonyl (C=O) groups excluding carboxylic acids is 1. The van der Waals surface area contributed by atoms with Crippen molar-refractivity contribution in [1.82, 2.24) is 0 Å². The molecule has 0 aliphatic carbocycles. The molecule has 21 heavy (non-hydrogen) atoms. The highest BCUT2D eigenvalue weighted by atomic mass is 16.5. The fourth-order valence-corrected chi connectivity index (χ4v) is 2.30. The summed E-state index contributed by atoms with van der Waals surface area (Å²) in [5, 5.41) is 21.9. The number of methoxy groups -OCH3 is 2. The highest BCUT2D eigenvalue weighted by Crippen LogP contribution is 2.33. The molecule has 0 spiro atoms. The van der Waals surface area contributed by atoms with Crippen molar-refractivity contribution in [2.45, 2.75) is 18.6 Å². The molecule has 2 rings (SSSR count). The van der Waals surface area contributed by atoms with Crippen molar-refractivity contribution in [3.05, 3.63) is 42.0 Å². The average molecular weight is 290 g/mol. The van der Waals surface area contributed by atoms with E-state index in [-0.39, 0.29) is 6.42 Å². The number of aliphatic hydroxyl groups is 2. The van der Waals surface area contributed by atoms with Crippen LogP contribution in [0.1, 0.15) is 18.1 Å². The zero-order valence-electron chi connectivity index (χ0n) is 11.9. The van der Waals surface area contributed by atoms with Crippen LogP contribution < -0.4 is 4.74 Å². The summed E-state index contributed by atoms with van der Waals surface area (Å²) < 4.78 is 9.79. The molecule has 2 aromatic rings. The summed E-state index contributed by atoms with van der Waals surface area (Å²) in [6.45, 7) is 0. The Labute approximate surface area is 122 Å². The van der Waals surface area contributed by atoms with Gasteiger partial charge < -0.3 is 19.7 Å². The van der Waals surface area contributed by atoms with Crippen LogP contribution in [-0.2, 0) is 9.53 Å². The van der Waals surface area contributed by atoms with Crippen LogP contribution in [0.3, 0.4) is 0 Å². The Morgan fingerprint density at radius 1 is 1.10 bits per heavy atom. The molecule has 0 aliphatic heterocycles. The van der Waals surface area contributed by atoms with Gasteiger partial charge in [0.05, 0.1) is 26.7 Å². The van der Waals surface area contributed by atoms with E-state index in [4.69, 9.17) is 4.74 Å². The third-order valence-corrected chi connectivity index (χ3v) is 3.42. The fourth-order valence-electron chi connectivity index (χ4n) is 2.30. The first-order chi connectivity index (χ1) is 10.1. The number of hydrogen-bond donors (Lipinski definition) is 2. The Morgan fingerprint density at radius 2 is 1.76 bits per heavy atom. The minimum atomic E-state index is -1.23. The number of rotatable bonds is 5. The summed E-state index contributed by atoms with van der Waals surface area (Å²) in [4.78, 5) is 11.2. The molecule has 0 saturated carbocycles. The number of ether oxygens (including phenoxy) is 2. The van der Waals surface area contributed by atoms with Crippen molar-refractivity contribution in [2.75, 3.05) is 14.2 Å². The van der Waals surface area contributed by atoms with Gasteiger partial charge in [0.25, 0.3) is 0 Å². The molecule has 5 nitrogen and oxygen atoms in total. The molecule has 0 aliphatic rings. The molecule has 0 amide bonds. The third kappa shape index (κ3) is 3.15. The molecule has 2 N–H and O–H groups in total. The standard InChI is InChI=1S/C16H18O5/c1-20-14-8-7-12(10-5-3-4-6-11(10)14)16(19)13(17)9-15(18)21-2/h3-8,13,16-17,19H,9H2,1-2H3. The Balaban J connectivity index is 2.40. The second-order valence-electron chi connectivity index (χ2n) is 4.70. The SMILES string of the molecule is COC(=O)CC(O)C(O)c1ccc(OC)c2ccccc12. The zero-order chi connectivity index (χ0) is 15.4. The van der Waals surface area contributed by atoms with Gasteiger partial charge in [0, 0.05) is 5.39 Å². The van der Waals surface area contributed by atoms with Crippen LogP contribution in [-0.4, -0.2) is 36.5 Å². The molecule has 0 radical (unpaired) electrons. The van der Waals surface area contributed by atoms with Crippen molar-refractivity contribution >= 4 is 16.7 Å². The topological polar surface area (TPSA) is 76.0 Å². The molecule has 2 atom stereocenters. The first-order valence-corrected chi connectivity index (χ1v) is 6.57. The lowest BCUT2D eigenvalue weighted by Crippen LogP contribution is -2.22. The molecule has 2 unspecified atom stereocenters. The summed E-state index contributed by atoms with van der Waals surface area (Å²) >= 11 is 0. The Kier molecular flexibility index (Phi) is 4.77. The lowest BCUT2D eigenvalue weighted by atomic mass is 9.95. The predicted octanol–water partition coefficient (Wildman–Crippen LogP) is 1.81. The van der Waals surface area contributed by atoms with Crippen LogP contribution >= 0.6 is 0 Å². The van der Waals surface area contributed by atoms with Gasteiger partial charge in [0.2, 0.25) is 0 Å². The predicted molar refractivity (Wildman–Crippen MR) is 78.1 cm³/mol. The number of benzene rings is 2. The van der Waals surface area contributed by atoms with Crippen molar-refractivity contribution in [1.29, 1.82) is 0 Å². The molecule has 0 bridgehead atoms. The smallest absolute Gasteiger partial charge is 0.308 e. The van der Waals surface area contributed by atoms with Crippen LogP contribution in [0.15, 0.2) is 36.4 Å². The zero-order valence-corrected chi connectivity index (χ0v) is 11.9. The second kappa shape index (κ2) is 6.56. The number of hydrogen-bond acceptors (Lipinski definition) is 5. The average Bonchev–Trinajstić information content (AvgIpc) is 2.52. The van der Waals surface area contributed by atoms with E-state index in [1.165, 1.54) is 7.11 Å². The molecule has 112 valence electrons. The molecule has 0 aromatic heterocycles. The summed E-state index contributed by atoms with van der Waals surface area (Å²) in [5.74, 6) is 0.114. The normalized spacial score (nSPS) is 13.7. The minimum absolute atomic E-state index is 0.266. The monoisotopic (exact) mass is 290 g/mol. The number of fused-ring (bicyclic) bond motifs is 1. The maximum Gasteiger partial charge on any atom is 0.308 e. The van der Waals surface area contributed by atoms with E-state index in [9.17, 15) is 15.0 Å². The van der Waals surface area contributed by atoms with Crippen LogP contribution in [0, 0.1) is 0 Å². The van der Waals surface area contributed by atoms with E-state index in [1.54, 1.807) is 19.2 Å². The number of aliphatic hydroxyl groups excluding tert-OH is 2. The van der Waals surface area contributed by atoms with E-state index in [0.717, 1.165) is 10.8 Å². The molecular formula is C16H18O5. The molecule has 0 saturated heterocycles. The van der Waals surface area contributed by atoms with Gasteiger partial charge in [-0.1, -0.05) is 30.3 Å². The highest BCUT2D eigenvalue weighted by molar-refractivity contribution is 5.91. The van der Waals surface area contributed by atoms with Crippen LogP contribution in [0.4, 0.5) is 0 Å². The maximum absolute atomic E-state index is 11.2. The van der Waals surface area contributed by atoms with Gasteiger partial charge in [-0.3, -0.25) is 4.79 Å². The van der Waals surface area contributed by atoms with Gasteiger partial charge in [-0.15, -0.1) is 0 Å². The van der Waals surface area contributed by atoms with Gasteiger partial charge in [0.15, 0.2) is 0 Å². The van der Waals surface area contributed by atoms with Crippen LogP contribution in [0.2, 0.25) is 0 Å². The van der Waals surface area contributed by atoms with Crippen LogP contribution in [0.5, 0.6) is 5.75 Å². The number of esters is 1. The quantitative estimate of drug-likeness (QED) is 0.821. The lowest BCUT2D eigenvalue weighted by Gasteiger charge is -2.19. The first-order valence-electron chi connectivity index (χ1n) is 6.57. The van der Waals surface area contributed by atoms with Gasteiger partial charge >= 0.3 is 5.97 Å². The molecule has 2 aromatic carbocycles. The molecule has 0 fully saturated rings. The fraction of sp³-hybridized carbons (Fsp3) is 0.312. The number of carbonyl (C=O) groups is 1. The van der Waals surface area contributed by atoms with Gasteiger partial charge in [-0.05, 0) is 17.0 Å². The molecule has 5 heteroatoms. The largest absolute Gasteiger partial charge is 0.496 e. The molecule has 0 heterocycles. The maximum atomic E-state index is 11.2. The minimum Gasteiger partial charge on any atom is -0.496 e. The van der Waals surface area contributed by atoms with Gasteiger partial charge in [0.1, 0.15) is 11.9 Å².